The smallest absolute Gasteiger partial charge is 0.319 e. The van der Waals surface area contributed by atoms with Gasteiger partial charge < -0.3 is 25.0 Å². The fourth-order valence-electron chi connectivity index (χ4n) is 3.34. The Balaban J connectivity index is 1.28. The molecule has 1 fully saturated rings. The summed E-state index contributed by atoms with van der Waals surface area (Å²) >= 11 is 0. The molecular weight excluding hydrogens is 373 g/mol. The van der Waals surface area contributed by atoms with Gasteiger partial charge in [-0.2, -0.15) is 0 Å². The Bertz CT molecular complexity index is 760. The molecule has 2 aromatic rings. The van der Waals surface area contributed by atoms with Crippen LogP contribution in [0.1, 0.15) is 19.3 Å². The highest BCUT2D eigenvalue weighted by Gasteiger charge is 2.20. The van der Waals surface area contributed by atoms with Gasteiger partial charge >= 0.3 is 6.03 Å². The van der Waals surface area contributed by atoms with Crippen molar-refractivity contribution in [3.05, 3.63) is 54.3 Å². The van der Waals surface area contributed by atoms with Crippen molar-refractivity contribution in [2.45, 2.75) is 25.3 Å². The van der Waals surface area contributed by atoms with E-state index >= 15 is 0 Å². The van der Waals surface area contributed by atoms with E-state index in [9.17, 15) is 9.18 Å². The second-order valence-corrected chi connectivity index (χ2v) is 7.10. The van der Waals surface area contributed by atoms with E-state index in [1.54, 1.807) is 19.2 Å². The highest BCUT2D eigenvalue weighted by atomic mass is 19.1. The number of amides is 2. The molecule has 2 amide bonds. The van der Waals surface area contributed by atoms with E-state index in [1.807, 2.05) is 24.3 Å². The van der Waals surface area contributed by atoms with Crippen LogP contribution in [0, 0.1) is 5.82 Å². The van der Waals surface area contributed by atoms with Crippen LogP contribution in [-0.2, 0) is 0 Å². The van der Waals surface area contributed by atoms with Crippen LogP contribution in [0.4, 0.5) is 14.9 Å². The van der Waals surface area contributed by atoms with Crippen molar-refractivity contribution in [3.63, 3.8) is 0 Å². The van der Waals surface area contributed by atoms with Crippen molar-refractivity contribution in [3.8, 4) is 11.5 Å². The quantitative estimate of drug-likeness (QED) is 0.659. The summed E-state index contributed by atoms with van der Waals surface area (Å²) in [6.07, 6.45) is 2.78. The number of hydrogen-bond acceptors (Lipinski definition) is 4. The lowest BCUT2D eigenvalue weighted by molar-refractivity contribution is 0.182. The van der Waals surface area contributed by atoms with Crippen LogP contribution < -0.4 is 20.1 Å². The number of nitrogens with zero attached hydrogens (tertiary/aromatic N) is 1. The molecule has 2 N–H and O–H groups in total. The van der Waals surface area contributed by atoms with Gasteiger partial charge in [0, 0.05) is 31.4 Å². The van der Waals surface area contributed by atoms with E-state index in [-0.39, 0.29) is 17.9 Å². The maximum atomic E-state index is 12.9. The lowest BCUT2D eigenvalue weighted by Gasteiger charge is -2.32. The molecule has 1 aliphatic rings. The number of carbonyl (C=O) groups is 1. The van der Waals surface area contributed by atoms with Crippen molar-refractivity contribution in [1.29, 1.82) is 0 Å². The third-order valence-corrected chi connectivity index (χ3v) is 4.97. The Morgan fingerprint density at radius 3 is 2.38 bits per heavy atom. The zero-order valence-corrected chi connectivity index (χ0v) is 16.7. The molecule has 0 bridgehead atoms. The number of halogens is 1. The maximum absolute atomic E-state index is 12.9. The summed E-state index contributed by atoms with van der Waals surface area (Å²) in [7, 11) is 1.65. The molecule has 156 valence electrons. The van der Waals surface area contributed by atoms with Crippen molar-refractivity contribution in [2.24, 2.45) is 0 Å². The summed E-state index contributed by atoms with van der Waals surface area (Å²) in [6.45, 7) is 3.54. The van der Waals surface area contributed by atoms with E-state index in [0.717, 1.165) is 50.4 Å². The second kappa shape index (κ2) is 10.7. The monoisotopic (exact) mass is 401 g/mol. The Labute approximate surface area is 171 Å². The molecule has 3 rings (SSSR count). The summed E-state index contributed by atoms with van der Waals surface area (Å²) in [6, 6.07) is 13.2. The van der Waals surface area contributed by atoms with E-state index in [4.69, 9.17) is 9.47 Å². The summed E-state index contributed by atoms with van der Waals surface area (Å²) in [5.74, 6) is 1.35. The molecule has 1 saturated heterocycles. The van der Waals surface area contributed by atoms with Crippen molar-refractivity contribution in [1.82, 2.24) is 10.2 Å². The van der Waals surface area contributed by atoms with Gasteiger partial charge in [0.25, 0.3) is 0 Å². The first kappa shape index (κ1) is 20.9. The number of ether oxygens (including phenoxy) is 2. The topological polar surface area (TPSA) is 62.8 Å². The minimum absolute atomic E-state index is 0.155. The molecule has 0 spiro atoms. The van der Waals surface area contributed by atoms with Gasteiger partial charge in [-0.15, -0.1) is 0 Å². The van der Waals surface area contributed by atoms with Crippen molar-refractivity contribution in [2.75, 3.05) is 38.7 Å². The summed E-state index contributed by atoms with van der Waals surface area (Å²) in [5.41, 5.74) is 0.582. The number of piperidine rings is 1. The third kappa shape index (κ3) is 6.94. The maximum Gasteiger partial charge on any atom is 0.319 e. The average Bonchev–Trinajstić information content (AvgIpc) is 2.74. The zero-order valence-electron chi connectivity index (χ0n) is 16.7. The molecule has 1 heterocycles. The SMILES string of the molecule is COc1ccc(OCCCN2CCC(NC(=O)Nc3ccc(F)cc3)CC2)cc1. The number of benzene rings is 2. The standard InChI is InChI=1S/C22H28FN3O3/c1-28-20-7-9-21(10-8-20)29-16-2-13-26-14-11-19(12-15-26)25-22(27)24-18-5-3-17(23)4-6-18/h3-10,19H,2,11-16H2,1H3,(H2,24,25,27). The molecule has 0 unspecified atom stereocenters. The van der Waals surface area contributed by atoms with Crippen LogP contribution in [0.3, 0.4) is 0 Å². The second-order valence-electron chi connectivity index (χ2n) is 7.10. The zero-order chi connectivity index (χ0) is 20.5. The molecule has 1 aliphatic heterocycles. The Kier molecular flexibility index (Phi) is 7.69. The molecule has 0 radical (unpaired) electrons. The molecule has 0 aliphatic carbocycles. The average molecular weight is 401 g/mol. The van der Waals surface area contributed by atoms with Gasteiger partial charge in [0.2, 0.25) is 0 Å². The third-order valence-electron chi connectivity index (χ3n) is 4.97. The van der Waals surface area contributed by atoms with E-state index < -0.39 is 0 Å². The molecule has 2 aromatic carbocycles. The lowest BCUT2D eigenvalue weighted by atomic mass is 10.1. The van der Waals surface area contributed by atoms with Crippen molar-refractivity contribution >= 4 is 11.7 Å². The first-order chi connectivity index (χ1) is 14.1. The number of carbonyl (C=O) groups excluding carboxylic acids is 1. The summed E-state index contributed by atoms with van der Waals surface area (Å²) in [5, 5.41) is 5.73. The van der Waals surface area contributed by atoms with Gasteiger partial charge in [-0.1, -0.05) is 0 Å². The first-order valence-electron chi connectivity index (χ1n) is 9.94. The highest BCUT2D eigenvalue weighted by molar-refractivity contribution is 5.89. The number of urea groups is 1. The molecule has 0 saturated carbocycles. The van der Waals surface area contributed by atoms with Crippen LogP contribution in [-0.4, -0.2) is 50.3 Å². The van der Waals surface area contributed by atoms with Gasteiger partial charge in [-0.05, 0) is 67.8 Å². The van der Waals surface area contributed by atoms with E-state index in [2.05, 4.69) is 15.5 Å². The lowest BCUT2D eigenvalue weighted by Crippen LogP contribution is -2.46. The van der Waals surface area contributed by atoms with Crippen molar-refractivity contribution < 1.29 is 18.7 Å². The summed E-state index contributed by atoms with van der Waals surface area (Å²) in [4.78, 5) is 14.5. The van der Waals surface area contributed by atoms with Gasteiger partial charge in [0.15, 0.2) is 0 Å². The predicted molar refractivity (Wildman–Crippen MR) is 111 cm³/mol. The number of likely N-dealkylation sites (tertiary alicyclic amines) is 1. The van der Waals surface area contributed by atoms with Crippen LogP contribution in [0.15, 0.2) is 48.5 Å². The fourth-order valence-corrected chi connectivity index (χ4v) is 3.34. The molecule has 7 heteroatoms. The molecule has 29 heavy (non-hydrogen) atoms. The van der Waals surface area contributed by atoms with Gasteiger partial charge in [-0.3, -0.25) is 0 Å². The number of anilines is 1. The van der Waals surface area contributed by atoms with Crippen LogP contribution in [0.5, 0.6) is 11.5 Å². The van der Waals surface area contributed by atoms with Crippen LogP contribution in [0.25, 0.3) is 0 Å². The normalized spacial score (nSPS) is 15.0. The first-order valence-corrected chi connectivity index (χ1v) is 9.94. The predicted octanol–water partition coefficient (Wildman–Crippen LogP) is 3.89. The van der Waals surface area contributed by atoms with E-state index in [1.165, 1.54) is 12.1 Å². The van der Waals surface area contributed by atoms with E-state index in [0.29, 0.717) is 12.3 Å². The minimum Gasteiger partial charge on any atom is -0.497 e. The van der Waals surface area contributed by atoms with Crippen LogP contribution >= 0.6 is 0 Å². The Morgan fingerprint density at radius 1 is 1.07 bits per heavy atom. The molecular formula is C22H28FN3O3. The van der Waals surface area contributed by atoms with Gasteiger partial charge in [-0.25, -0.2) is 9.18 Å². The molecule has 6 nitrogen and oxygen atoms in total. The fraction of sp³-hybridized carbons (Fsp3) is 0.409. The number of rotatable bonds is 8. The number of nitrogens with one attached hydrogen (secondary N) is 2. The summed E-state index contributed by atoms with van der Waals surface area (Å²) < 4.78 is 23.8. The largest absolute Gasteiger partial charge is 0.497 e. The highest BCUT2D eigenvalue weighted by Crippen LogP contribution is 2.17. The molecule has 0 atom stereocenters. The van der Waals surface area contributed by atoms with Crippen LogP contribution in [0.2, 0.25) is 0 Å². The molecule has 0 aromatic heterocycles. The minimum atomic E-state index is -0.322. The number of methoxy groups -OCH3 is 1. The Morgan fingerprint density at radius 2 is 1.72 bits per heavy atom. The van der Waals surface area contributed by atoms with Gasteiger partial charge in [0.1, 0.15) is 17.3 Å². The Hall–Kier alpha value is -2.80. The number of hydrogen-bond donors (Lipinski definition) is 2. The van der Waals surface area contributed by atoms with Gasteiger partial charge in [0.05, 0.1) is 13.7 Å².